The van der Waals surface area contributed by atoms with E-state index in [9.17, 15) is 4.79 Å². The molecular weight excluding hydrogens is 396 g/mol. The predicted molar refractivity (Wildman–Crippen MR) is 120 cm³/mol. The van der Waals surface area contributed by atoms with Crippen molar-refractivity contribution < 1.29 is 19.0 Å². The van der Waals surface area contributed by atoms with Crippen molar-refractivity contribution in [1.29, 1.82) is 0 Å². The molecule has 3 rings (SSSR count). The molecule has 1 aliphatic heterocycles. The molecule has 1 atom stereocenters. The Morgan fingerprint density at radius 3 is 2.74 bits per heavy atom. The summed E-state index contributed by atoms with van der Waals surface area (Å²) < 4.78 is 16.5. The van der Waals surface area contributed by atoms with E-state index in [1.165, 1.54) is 0 Å². The predicted octanol–water partition coefficient (Wildman–Crippen LogP) is 2.35. The Morgan fingerprint density at radius 1 is 1.19 bits per heavy atom. The number of ether oxygens (including phenoxy) is 3. The molecule has 2 N–H and O–H groups in total. The first kappa shape index (κ1) is 22.3. The van der Waals surface area contributed by atoms with E-state index in [0.717, 1.165) is 29.0 Å². The summed E-state index contributed by atoms with van der Waals surface area (Å²) in [4.78, 5) is 18.4. The summed E-state index contributed by atoms with van der Waals surface area (Å²) in [6, 6.07) is 13.6. The van der Waals surface area contributed by atoms with Crippen molar-refractivity contribution in [2.45, 2.75) is 19.0 Å². The van der Waals surface area contributed by atoms with E-state index in [1.807, 2.05) is 42.5 Å². The molecule has 1 aliphatic rings. The van der Waals surface area contributed by atoms with Crippen molar-refractivity contribution in [3.63, 3.8) is 0 Å². The van der Waals surface area contributed by atoms with E-state index < -0.39 is 0 Å². The Kier molecular flexibility index (Phi) is 7.59. The number of rotatable bonds is 7. The topological polar surface area (TPSA) is 84.4 Å². The molecule has 166 valence electrons. The minimum atomic E-state index is -0.0381. The molecule has 0 fully saturated rings. The van der Waals surface area contributed by atoms with Gasteiger partial charge in [0.25, 0.3) is 0 Å². The van der Waals surface area contributed by atoms with Crippen molar-refractivity contribution in [1.82, 2.24) is 15.5 Å². The summed E-state index contributed by atoms with van der Waals surface area (Å²) >= 11 is 0. The van der Waals surface area contributed by atoms with Gasteiger partial charge in [-0.3, -0.25) is 4.79 Å². The number of hydrogen-bond acceptors (Lipinski definition) is 5. The number of nitrogens with one attached hydrogen (secondary N) is 2. The number of nitrogens with zero attached hydrogens (tertiary/aromatic N) is 2. The minimum Gasteiger partial charge on any atom is -0.497 e. The highest BCUT2D eigenvalue weighted by molar-refractivity contribution is 5.86. The lowest BCUT2D eigenvalue weighted by atomic mass is 10.0. The number of benzene rings is 2. The van der Waals surface area contributed by atoms with Gasteiger partial charge in [0.15, 0.2) is 5.96 Å². The van der Waals surface area contributed by atoms with Gasteiger partial charge in [-0.15, -0.1) is 0 Å². The normalized spacial score (nSPS) is 15.4. The summed E-state index contributed by atoms with van der Waals surface area (Å²) in [5, 5.41) is 6.61. The molecule has 0 saturated heterocycles. The Hall–Kier alpha value is -3.42. The average molecular weight is 427 g/mol. The largest absolute Gasteiger partial charge is 0.497 e. The lowest BCUT2D eigenvalue weighted by molar-refractivity contribution is -0.127. The highest BCUT2D eigenvalue weighted by Gasteiger charge is 2.22. The van der Waals surface area contributed by atoms with E-state index in [0.29, 0.717) is 24.9 Å². The maximum Gasteiger partial charge on any atom is 0.241 e. The Labute approximate surface area is 183 Å². The van der Waals surface area contributed by atoms with Crippen LogP contribution in [-0.2, 0) is 11.3 Å². The molecule has 0 aromatic heterocycles. The molecule has 31 heavy (non-hydrogen) atoms. The third-order valence-electron chi connectivity index (χ3n) is 5.08. The zero-order chi connectivity index (χ0) is 22.2. The van der Waals surface area contributed by atoms with Crippen molar-refractivity contribution in [3.05, 3.63) is 53.6 Å². The van der Waals surface area contributed by atoms with Gasteiger partial charge in [0.2, 0.25) is 5.91 Å². The van der Waals surface area contributed by atoms with E-state index in [4.69, 9.17) is 19.2 Å². The first-order chi connectivity index (χ1) is 15.0. The Bertz CT molecular complexity index is 930. The first-order valence-electron chi connectivity index (χ1n) is 10.2. The third-order valence-corrected chi connectivity index (χ3v) is 5.08. The highest BCUT2D eigenvalue weighted by Crippen LogP contribution is 2.31. The maximum atomic E-state index is 12.1. The summed E-state index contributed by atoms with van der Waals surface area (Å²) in [6.07, 6.45) is 0.797. The van der Waals surface area contributed by atoms with Crippen LogP contribution >= 0.6 is 0 Å². The van der Waals surface area contributed by atoms with Gasteiger partial charge in [-0.25, -0.2) is 4.99 Å². The maximum absolute atomic E-state index is 12.1. The number of hydrogen-bond donors (Lipinski definition) is 2. The van der Waals surface area contributed by atoms with Gasteiger partial charge in [0.05, 0.1) is 40.0 Å². The molecule has 2 aromatic rings. The standard InChI is InChI=1S/C23H30N4O4/c1-27(2)22(28)15-25-23(24-14-16-9-10-17(29-3)13-21(16)30-4)26-19-11-12-31-20-8-6-5-7-18(19)20/h5-10,13,19H,11-12,14-15H2,1-4H3,(H2,24,25,26). The van der Waals surface area contributed by atoms with Crippen LogP contribution in [0.25, 0.3) is 0 Å². The molecule has 1 heterocycles. The summed E-state index contributed by atoms with van der Waals surface area (Å²) in [7, 11) is 6.69. The van der Waals surface area contributed by atoms with Gasteiger partial charge in [-0.1, -0.05) is 18.2 Å². The molecule has 8 heteroatoms. The molecule has 1 amide bonds. The average Bonchev–Trinajstić information content (AvgIpc) is 2.80. The smallest absolute Gasteiger partial charge is 0.241 e. The minimum absolute atomic E-state index is 0.0309. The SMILES string of the molecule is COc1ccc(CN=C(NCC(=O)N(C)C)NC2CCOc3ccccc32)c(OC)c1. The highest BCUT2D eigenvalue weighted by atomic mass is 16.5. The number of likely N-dealkylation sites (N-methyl/N-ethyl adjacent to an activating group) is 1. The fourth-order valence-corrected chi connectivity index (χ4v) is 3.27. The van der Waals surface area contributed by atoms with E-state index in [-0.39, 0.29) is 18.5 Å². The van der Waals surface area contributed by atoms with Crippen molar-refractivity contribution in [3.8, 4) is 17.2 Å². The fraction of sp³-hybridized carbons (Fsp3) is 0.391. The monoisotopic (exact) mass is 426 g/mol. The summed E-state index contributed by atoms with van der Waals surface area (Å²) in [5.41, 5.74) is 1.99. The molecule has 0 spiro atoms. The zero-order valence-corrected chi connectivity index (χ0v) is 18.5. The number of carbonyl (C=O) groups excluding carboxylic acids is 1. The zero-order valence-electron chi connectivity index (χ0n) is 18.5. The van der Waals surface area contributed by atoms with Crippen LogP contribution in [0.4, 0.5) is 0 Å². The number of para-hydroxylation sites is 1. The van der Waals surface area contributed by atoms with Crippen molar-refractivity contribution in [2.24, 2.45) is 4.99 Å². The van der Waals surface area contributed by atoms with Gasteiger partial charge in [0, 0.05) is 37.7 Å². The fourth-order valence-electron chi connectivity index (χ4n) is 3.27. The molecular formula is C23H30N4O4. The van der Waals surface area contributed by atoms with E-state index in [2.05, 4.69) is 10.6 Å². The number of fused-ring (bicyclic) bond motifs is 1. The molecule has 0 saturated carbocycles. The molecule has 8 nitrogen and oxygen atoms in total. The van der Waals surface area contributed by atoms with Crippen LogP contribution in [0, 0.1) is 0 Å². The van der Waals surface area contributed by atoms with Crippen LogP contribution < -0.4 is 24.8 Å². The lowest BCUT2D eigenvalue weighted by Crippen LogP contribution is -2.45. The third kappa shape index (κ3) is 5.81. The number of carbonyl (C=O) groups is 1. The molecule has 0 aliphatic carbocycles. The number of aliphatic imine (C=N–C) groups is 1. The summed E-state index contributed by atoms with van der Waals surface area (Å²) in [6.45, 7) is 1.14. The molecule has 0 bridgehead atoms. The van der Waals surface area contributed by atoms with Crippen LogP contribution in [0.15, 0.2) is 47.5 Å². The number of amides is 1. The van der Waals surface area contributed by atoms with Gasteiger partial charge in [-0.05, 0) is 18.2 Å². The molecule has 0 radical (unpaired) electrons. The van der Waals surface area contributed by atoms with Crippen molar-refractivity contribution >= 4 is 11.9 Å². The van der Waals surface area contributed by atoms with Crippen LogP contribution in [0.5, 0.6) is 17.2 Å². The quantitative estimate of drug-likeness (QED) is 0.522. The second-order valence-electron chi connectivity index (χ2n) is 7.36. The van der Waals surface area contributed by atoms with Gasteiger partial charge >= 0.3 is 0 Å². The summed E-state index contributed by atoms with van der Waals surface area (Å²) in [5.74, 6) is 2.80. The second kappa shape index (κ2) is 10.6. The first-order valence-corrected chi connectivity index (χ1v) is 10.2. The van der Waals surface area contributed by atoms with Gasteiger partial charge in [-0.2, -0.15) is 0 Å². The second-order valence-corrected chi connectivity index (χ2v) is 7.36. The van der Waals surface area contributed by atoms with E-state index >= 15 is 0 Å². The van der Waals surface area contributed by atoms with Gasteiger partial charge < -0.3 is 29.7 Å². The van der Waals surface area contributed by atoms with E-state index in [1.54, 1.807) is 33.2 Å². The lowest BCUT2D eigenvalue weighted by Gasteiger charge is -2.28. The van der Waals surface area contributed by atoms with Crippen LogP contribution in [0.1, 0.15) is 23.6 Å². The Balaban J connectivity index is 1.80. The van der Waals surface area contributed by atoms with Crippen molar-refractivity contribution in [2.75, 3.05) is 41.5 Å². The van der Waals surface area contributed by atoms with Crippen LogP contribution in [0.2, 0.25) is 0 Å². The van der Waals surface area contributed by atoms with Crippen LogP contribution in [-0.4, -0.2) is 58.2 Å². The van der Waals surface area contributed by atoms with Gasteiger partial charge in [0.1, 0.15) is 17.2 Å². The molecule has 2 aromatic carbocycles. The molecule has 1 unspecified atom stereocenters. The number of methoxy groups -OCH3 is 2. The number of guanidine groups is 1. The van der Waals surface area contributed by atoms with Crippen LogP contribution in [0.3, 0.4) is 0 Å². The Morgan fingerprint density at radius 2 is 2.00 bits per heavy atom.